The Morgan fingerprint density at radius 3 is 1.33 bits per heavy atom. The molecule has 9 aromatic carbocycles. The molecule has 0 N–H and O–H groups in total. The van der Waals surface area contributed by atoms with Gasteiger partial charge in [0.25, 0.3) is 0 Å². The lowest BCUT2D eigenvalue weighted by Gasteiger charge is -2.33. The summed E-state index contributed by atoms with van der Waals surface area (Å²) in [5.41, 5.74) is 13.0. The Balaban J connectivity index is 1.21. The van der Waals surface area contributed by atoms with Crippen molar-refractivity contribution in [3.63, 3.8) is 0 Å². The van der Waals surface area contributed by atoms with Gasteiger partial charge in [-0.15, -0.1) is 0 Å². The smallest absolute Gasteiger partial charge is 0.0727 e. The van der Waals surface area contributed by atoms with Crippen molar-refractivity contribution in [2.75, 3.05) is 9.80 Å². The maximum Gasteiger partial charge on any atom is 0.0727 e. The minimum absolute atomic E-state index is 0.0941. The maximum absolute atomic E-state index is 9.23. The molecule has 2 nitrogen and oxygen atoms in total. The first-order valence-corrected chi connectivity index (χ1v) is 18.6. The van der Waals surface area contributed by atoms with Gasteiger partial charge in [-0.25, -0.2) is 0 Å². The number of anilines is 6. The third kappa shape index (κ3) is 4.75. The molecule has 55 heavy (non-hydrogen) atoms. The summed E-state index contributed by atoms with van der Waals surface area (Å²) >= 11 is 0. The van der Waals surface area contributed by atoms with Gasteiger partial charge in [0.1, 0.15) is 0 Å². The van der Waals surface area contributed by atoms with Gasteiger partial charge in [-0.1, -0.05) is 146 Å². The molecule has 0 bridgehead atoms. The third-order valence-electron chi connectivity index (χ3n) is 11.3. The highest BCUT2D eigenvalue weighted by Gasteiger charge is 2.52. The zero-order valence-corrected chi connectivity index (χ0v) is 29.8. The minimum atomic E-state index is -0.738. The largest absolute Gasteiger partial charge is 0.310 e. The summed E-state index contributed by atoms with van der Waals surface area (Å²) in [7, 11) is 0. The highest BCUT2D eigenvalue weighted by Crippen LogP contribution is 2.64. The zero-order chi connectivity index (χ0) is 40.7. The molecule has 0 saturated heterocycles. The van der Waals surface area contributed by atoms with Gasteiger partial charge in [0.15, 0.2) is 0 Å². The molecule has 1 unspecified atom stereocenters. The molecule has 2 heteroatoms. The number of nitrogens with zero attached hydrogens (tertiary/aromatic N) is 2. The molecule has 0 aliphatic heterocycles. The molecule has 0 saturated carbocycles. The quantitative estimate of drug-likeness (QED) is 0.170. The van der Waals surface area contributed by atoms with Crippen molar-refractivity contribution in [1.82, 2.24) is 0 Å². The topological polar surface area (TPSA) is 6.48 Å². The summed E-state index contributed by atoms with van der Waals surface area (Å²) in [4.78, 5) is 4.14. The van der Waals surface area contributed by atoms with E-state index in [1.165, 1.54) is 11.1 Å². The number of para-hydroxylation sites is 3. The van der Waals surface area contributed by atoms with E-state index in [1.54, 1.807) is 0 Å². The van der Waals surface area contributed by atoms with Crippen LogP contribution >= 0.6 is 0 Å². The van der Waals surface area contributed by atoms with Crippen LogP contribution in [-0.2, 0) is 5.41 Å². The summed E-state index contributed by atoms with van der Waals surface area (Å²) in [6.07, 6.45) is 0. The highest BCUT2D eigenvalue weighted by molar-refractivity contribution is 5.98. The SMILES string of the molecule is [2H]c1c([2H])c([2H])c(N(c2ccc3c(c2)C2(c4ccccc4-c4ccc(N(c5ccccc5)c5ccccc5)cc42)c2ccccc2-3)c2ccc3ccccc3c2)c([2H])c1[2H]. The second-order valence-electron chi connectivity index (χ2n) is 14.1. The summed E-state index contributed by atoms with van der Waals surface area (Å²) in [6, 6.07) is 63.8. The average Bonchev–Trinajstić information content (AvgIpc) is 3.76. The molecule has 1 spiro atoms. The summed E-state index contributed by atoms with van der Waals surface area (Å²) in [5, 5.41) is 2.02. The monoisotopic (exact) mass is 705 g/mol. The van der Waals surface area contributed by atoms with E-state index < -0.39 is 11.5 Å². The van der Waals surface area contributed by atoms with E-state index in [0.29, 0.717) is 11.4 Å². The normalized spacial score (nSPS) is 15.9. The van der Waals surface area contributed by atoms with Crippen LogP contribution < -0.4 is 9.80 Å². The Labute approximate surface area is 328 Å². The second-order valence-corrected chi connectivity index (χ2v) is 14.1. The van der Waals surface area contributed by atoms with Gasteiger partial charge in [0.05, 0.1) is 12.3 Å². The van der Waals surface area contributed by atoms with E-state index in [-0.39, 0.29) is 29.9 Å². The highest BCUT2D eigenvalue weighted by atomic mass is 15.1. The van der Waals surface area contributed by atoms with Crippen LogP contribution in [0.2, 0.25) is 0 Å². The van der Waals surface area contributed by atoms with Crippen molar-refractivity contribution in [2.45, 2.75) is 5.41 Å². The Morgan fingerprint density at radius 2 is 0.745 bits per heavy atom. The van der Waals surface area contributed by atoms with Crippen LogP contribution in [-0.4, -0.2) is 0 Å². The Bertz CT molecular complexity index is 3100. The van der Waals surface area contributed by atoms with E-state index in [0.717, 1.165) is 61.2 Å². The van der Waals surface area contributed by atoms with Crippen LogP contribution in [0.4, 0.5) is 34.1 Å². The summed E-state index contributed by atoms with van der Waals surface area (Å²) in [5.74, 6) is 0. The Morgan fingerprint density at radius 1 is 0.309 bits per heavy atom. The lowest BCUT2D eigenvalue weighted by atomic mass is 9.70. The van der Waals surface area contributed by atoms with Gasteiger partial charge >= 0.3 is 0 Å². The summed E-state index contributed by atoms with van der Waals surface area (Å²) < 4.78 is 44.4. The molecule has 0 radical (unpaired) electrons. The predicted octanol–water partition coefficient (Wildman–Crippen LogP) is 14.1. The predicted molar refractivity (Wildman–Crippen MR) is 230 cm³/mol. The molecule has 11 rings (SSSR count). The maximum atomic E-state index is 9.23. The Hall–Kier alpha value is -7.16. The number of fused-ring (bicyclic) bond motifs is 11. The second kappa shape index (κ2) is 12.5. The number of hydrogen-bond acceptors (Lipinski definition) is 2. The molecular weight excluding hydrogens is 665 g/mol. The molecule has 0 fully saturated rings. The van der Waals surface area contributed by atoms with Gasteiger partial charge in [0.2, 0.25) is 0 Å². The van der Waals surface area contributed by atoms with Gasteiger partial charge in [-0.05, 0) is 128 Å². The standard InChI is InChI=1S/C53H36N2/c1-4-18-39(19-5-1)54(40-20-6-2-7-21-40)43-30-32-47-45-24-12-14-26-49(45)53(51(47)35-43)50-27-15-13-25-46(50)48-33-31-44(36-52(48)53)55(41-22-8-3-9-23-41)42-29-28-37-16-10-11-17-38(37)34-42/h1-36H/i3D,8D,9D,22D,23D. The first-order chi connectivity index (χ1) is 29.4. The minimum Gasteiger partial charge on any atom is -0.310 e. The first kappa shape index (κ1) is 26.6. The van der Waals surface area contributed by atoms with E-state index in [2.05, 4.69) is 132 Å². The molecule has 0 heterocycles. The van der Waals surface area contributed by atoms with E-state index in [1.807, 2.05) is 65.6 Å². The molecule has 2 aliphatic carbocycles. The lowest BCUT2D eigenvalue weighted by molar-refractivity contribution is 0.793. The molecule has 1 atom stereocenters. The lowest BCUT2D eigenvalue weighted by Crippen LogP contribution is -2.26. The fraction of sp³-hybridized carbons (Fsp3) is 0.0189. The fourth-order valence-corrected chi connectivity index (χ4v) is 9.07. The molecule has 0 amide bonds. The molecular formula is C53H36N2. The van der Waals surface area contributed by atoms with Crippen LogP contribution in [0.3, 0.4) is 0 Å². The molecule has 9 aromatic rings. The molecule has 258 valence electrons. The van der Waals surface area contributed by atoms with Crippen LogP contribution in [0.25, 0.3) is 33.0 Å². The number of hydrogen-bond donors (Lipinski definition) is 0. The van der Waals surface area contributed by atoms with E-state index >= 15 is 0 Å². The van der Waals surface area contributed by atoms with Crippen molar-refractivity contribution in [1.29, 1.82) is 0 Å². The fourth-order valence-electron chi connectivity index (χ4n) is 9.07. The van der Waals surface area contributed by atoms with Gasteiger partial charge in [-0.3, -0.25) is 0 Å². The third-order valence-corrected chi connectivity index (χ3v) is 11.3. The average molecular weight is 706 g/mol. The van der Waals surface area contributed by atoms with Crippen LogP contribution in [0, 0.1) is 0 Å². The van der Waals surface area contributed by atoms with Crippen molar-refractivity contribution in [3.05, 3.63) is 241 Å². The van der Waals surface area contributed by atoms with Crippen molar-refractivity contribution in [2.24, 2.45) is 0 Å². The van der Waals surface area contributed by atoms with Crippen LogP contribution in [0.15, 0.2) is 218 Å². The van der Waals surface area contributed by atoms with Gasteiger partial charge in [0, 0.05) is 34.1 Å². The Kier molecular flexibility index (Phi) is 6.03. The zero-order valence-electron chi connectivity index (χ0n) is 34.8. The van der Waals surface area contributed by atoms with Crippen LogP contribution in [0.1, 0.15) is 29.1 Å². The van der Waals surface area contributed by atoms with Crippen molar-refractivity contribution < 1.29 is 6.85 Å². The van der Waals surface area contributed by atoms with Crippen molar-refractivity contribution in [3.8, 4) is 22.3 Å². The van der Waals surface area contributed by atoms with Gasteiger partial charge < -0.3 is 9.80 Å². The van der Waals surface area contributed by atoms with E-state index in [4.69, 9.17) is 4.11 Å². The van der Waals surface area contributed by atoms with Gasteiger partial charge in [-0.2, -0.15) is 0 Å². The summed E-state index contributed by atoms with van der Waals surface area (Å²) in [6.45, 7) is 0. The number of rotatable bonds is 6. The number of benzene rings is 9. The molecule has 0 aromatic heterocycles. The first-order valence-electron chi connectivity index (χ1n) is 21.1. The molecule has 2 aliphatic rings. The van der Waals surface area contributed by atoms with Crippen LogP contribution in [0.5, 0.6) is 0 Å². The van der Waals surface area contributed by atoms with E-state index in [9.17, 15) is 2.74 Å². The van der Waals surface area contributed by atoms with Crippen molar-refractivity contribution >= 4 is 44.9 Å².